The Morgan fingerprint density at radius 3 is 2.32 bits per heavy atom. The van der Waals surface area contributed by atoms with Gasteiger partial charge in [-0.2, -0.15) is 4.98 Å². The van der Waals surface area contributed by atoms with E-state index in [1.807, 2.05) is 13.8 Å². The van der Waals surface area contributed by atoms with Crippen LogP contribution in [0, 0.1) is 5.92 Å². The lowest BCUT2D eigenvalue weighted by Crippen LogP contribution is -2.34. The molecule has 1 heterocycles. The van der Waals surface area contributed by atoms with E-state index in [0.717, 1.165) is 0 Å². The summed E-state index contributed by atoms with van der Waals surface area (Å²) >= 11 is 0. The molecule has 0 aliphatic heterocycles. The summed E-state index contributed by atoms with van der Waals surface area (Å²) in [6.07, 6.45) is 0.654. The highest BCUT2D eigenvalue weighted by Gasteiger charge is 2.17. The zero-order chi connectivity index (χ0) is 14.4. The van der Waals surface area contributed by atoms with Crippen molar-refractivity contribution in [3.63, 3.8) is 0 Å². The van der Waals surface area contributed by atoms with Crippen molar-refractivity contribution in [1.82, 2.24) is 15.0 Å². The number of rotatable bonds is 8. The lowest BCUT2D eigenvalue weighted by Gasteiger charge is -2.14. The molecule has 0 saturated heterocycles. The van der Waals surface area contributed by atoms with E-state index in [0.29, 0.717) is 18.2 Å². The molecule has 19 heavy (non-hydrogen) atoms. The fourth-order valence-electron chi connectivity index (χ4n) is 1.54. The summed E-state index contributed by atoms with van der Waals surface area (Å²) in [6, 6.07) is 0. The lowest BCUT2D eigenvalue weighted by atomic mass is 10.1. The molecule has 0 bridgehead atoms. The third kappa shape index (κ3) is 5.96. The van der Waals surface area contributed by atoms with Crippen LogP contribution in [-0.2, 0) is 22.6 Å². The molecule has 1 aromatic heterocycles. The van der Waals surface area contributed by atoms with Crippen LogP contribution in [0.4, 0.5) is 0 Å². The number of nitrogens with zero attached hydrogens (tertiary/aromatic N) is 3. The maximum atomic E-state index is 10.6. The molecule has 0 atom stereocenters. The highest BCUT2D eigenvalue weighted by molar-refractivity contribution is 5.72. The first-order valence-electron chi connectivity index (χ1n) is 5.84. The van der Waals surface area contributed by atoms with Crippen LogP contribution in [0.2, 0.25) is 0 Å². The summed E-state index contributed by atoms with van der Waals surface area (Å²) in [5, 5.41) is 21.2. The van der Waals surface area contributed by atoms with Gasteiger partial charge in [-0.25, -0.2) is 0 Å². The highest BCUT2D eigenvalue weighted by Crippen LogP contribution is 2.07. The van der Waals surface area contributed by atoms with Crippen molar-refractivity contribution in [2.45, 2.75) is 26.8 Å². The zero-order valence-corrected chi connectivity index (χ0v) is 10.9. The molecule has 0 aromatic carbocycles. The number of hydrogen-bond acceptors (Lipinski definition) is 6. The molecule has 2 N–H and O–H groups in total. The molecule has 106 valence electrons. The quantitative estimate of drug-likeness (QED) is 0.690. The third-order valence-electron chi connectivity index (χ3n) is 2.18. The number of hydrogen-bond donors (Lipinski definition) is 2. The Morgan fingerprint density at radius 1 is 1.26 bits per heavy atom. The molecule has 1 aromatic rings. The molecule has 8 nitrogen and oxygen atoms in total. The maximum absolute atomic E-state index is 10.6. The summed E-state index contributed by atoms with van der Waals surface area (Å²) in [7, 11) is 0. The molecular weight excluding hydrogens is 254 g/mol. The molecule has 0 unspecified atom stereocenters. The highest BCUT2D eigenvalue weighted by atomic mass is 16.5. The summed E-state index contributed by atoms with van der Waals surface area (Å²) in [5.41, 5.74) is 0. The van der Waals surface area contributed by atoms with Gasteiger partial charge in [0, 0.05) is 6.42 Å². The van der Waals surface area contributed by atoms with E-state index in [1.165, 1.54) is 4.90 Å². The van der Waals surface area contributed by atoms with Gasteiger partial charge in [-0.3, -0.25) is 14.5 Å². The number of aliphatic carboxylic acids is 2. The van der Waals surface area contributed by atoms with Crippen molar-refractivity contribution >= 4 is 11.9 Å². The Hall–Kier alpha value is -1.96. The van der Waals surface area contributed by atoms with Gasteiger partial charge in [0.25, 0.3) is 0 Å². The predicted molar refractivity (Wildman–Crippen MR) is 63.4 cm³/mol. The van der Waals surface area contributed by atoms with Gasteiger partial charge in [0.1, 0.15) is 0 Å². The zero-order valence-electron chi connectivity index (χ0n) is 10.9. The van der Waals surface area contributed by atoms with Gasteiger partial charge < -0.3 is 14.7 Å². The molecule has 0 saturated carbocycles. The van der Waals surface area contributed by atoms with E-state index in [-0.39, 0.29) is 12.4 Å². The Balaban J connectivity index is 2.64. The van der Waals surface area contributed by atoms with E-state index < -0.39 is 25.0 Å². The van der Waals surface area contributed by atoms with E-state index in [9.17, 15) is 9.59 Å². The minimum Gasteiger partial charge on any atom is -0.480 e. The first-order chi connectivity index (χ1) is 8.86. The Kier molecular flexibility index (Phi) is 5.43. The number of carboxylic acids is 2. The monoisotopic (exact) mass is 271 g/mol. The van der Waals surface area contributed by atoms with Crippen LogP contribution >= 0.6 is 0 Å². The Morgan fingerprint density at radius 2 is 1.84 bits per heavy atom. The van der Waals surface area contributed by atoms with E-state index in [1.54, 1.807) is 0 Å². The van der Waals surface area contributed by atoms with E-state index in [2.05, 4.69) is 10.1 Å². The number of carboxylic acid groups (broad SMARTS) is 2. The topological polar surface area (TPSA) is 117 Å². The Bertz CT molecular complexity index is 427. The molecule has 0 aliphatic carbocycles. The van der Waals surface area contributed by atoms with Gasteiger partial charge in [-0.15, -0.1) is 0 Å². The van der Waals surface area contributed by atoms with Crippen molar-refractivity contribution in [1.29, 1.82) is 0 Å². The second-order valence-corrected chi connectivity index (χ2v) is 4.63. The normalized spacial score (nSPS) is 11.2. The first-order valence-corrected chi connectivity index (χ1v) is 5.84. The SMILES string of the molecule is CC(C)Cc1noc(CN(CC(=O)O)CC(=O)O)n1. The van der Waals surface area contributed by atoms with E-state index >= 15 is 0 Å². The summed E-state index contributed by atoms with van der Waals surface area (Å²) < 4.78 is 4.97. The van der Waals surface area contributed by atoms with Crippen molar-refractivity contribution in [2.75, 3.05) is 13.1 Å². The molecule has 1 rings (SSSR count). The van der Waals surface area contributed by atoms with Crippen LogP contribution in [0.3, 0.4) is 0 Å². The molecule has 0 spiro atoms. The van der Waals surface area contributed by atoms with Crippen LogP contribution in [0.1, 0.15) is 25.6 Å². The second kappa shape index (κ2) is 6.83. The van der Waals surface area contributed by atoms with Crippen molar-refractivity contribution in [2.24, 2.45) is 5.92 Å². The van der Waals surface area contributed by atoms with Crippen LogP contribution in [0.25, 0.3) is 0 Å². The van der Waals surface area contributed by atoms with Crippen LogP contribution in [0.5, 0.6) is 0 Å². The second-order valence-electron chi connectivity index (χ2n) is 4.63. The van der Waals surface area contributed by atoms with Crippen molar-refractivity contribution in [3.05, 3.63) is 11.7 Å². The smallest absolute Gasteiger partial charge is 0.317 e. The molecular formula is C11H17N3O5. The number of aromatic nitrogens is 2. The Labute approximate surface area is 110 Å². The molecule has 0 fully saturated rings. The third-order valence-corrected chi connectivity index (χ3v) is 2.18. The molecule has 0 radical (unpaired) electrons. The fraction of sp³-hybridized carbons (Fsp3) is 0.636. The van der Waals surface area contributed by atoms with Gasteiger partial charge in [0.2, 0.25) is 5.89 Å². The minimum atomic E-state index is -1.11. The molecule has 8 heteroatoms. The van der Waals surface area contributed by atoms with Crippen LogP contribution < -0.4 is 0 Å². The van der Waals surface area contributed by atoms with Crippen molar-refractivity contribution < 1.29 is 24.3 Å². The largest absolute Gasteiger partial charge is 0.480 e. The summed E-state index contributed by atoms with van der Waals surface area (Å²) in [6.45, 7) is 3.24. The average Bonchev–Trinajstić information content (AvgIpc) is 2.61. The van der Waals surface area contributed by atoms with Gasteiger partial charge in [-0.05, 0) is 5.92 Å². The fourth-order valence-corrected chi connectivity index (χ4v) is 1.54. The molecule has 0 aliphatic rings. The number of carbonyl (C=O) groups is 2. The van der Waals surface area contributed by atoms with Crippen molar-refractivity contribution in [3.8, 4) is 0 Å². The van der Waals surface area contributed by atoms with Gasteiger partial charge in [0.05, 0.1) is 19.6 Å². The summed E-state index contributed by atoms with van der Waals surface area (Å²) in [4.78, 5) is 26.6. The molecule has 0 amide bonds. The van der Waals surface area contributed by atoms with Gasteiger partial charge in [0.15, 0.2) is 5.82 Å². The van der Waals surface area contributed by atoms with Gasteiger partial charge >= 0.3 is 11.9 Å². The van der Waals surface area contributed by atoms with E-state index in [4.69, 9.17) is 14.7 Å². The van der Waals surface area contributed by atoms with Crippen LogP contribution in [0.15, 0.2) is 4.52 Å². The standard InChI is InChI=1S/C11H17N3O5/c1-7(2)3-8-12-9(19-13-8)4-14(5-10(15)16)6-11(17)18/h7H,3-6H2,1-2H3,(H,15,16)(H,17,18). The lowest BCUT2D eigenvalue weighted by molar-refractivity contribution is -0.142. The summed E-state index contributed by atoms with van der Waals surface area (Å²) in [5.74, 6) is -1.08. The average molecular weight is 271 g/mol. The van der Waals surface area contributed by atoms with Gasteiger partial charge in [-0.1, -0.05) is 19.0 Å². The maximum Gasteiger partial charge on any atom is 0.317 e. The predicted octanol–water partition coefficient (Wildman–Crippen LogP) is 0.239. The first kappa shape index (κ1) is 15.1. The minimum absolute atomic E-state index is 0.00367. The van der Waals surface area contributed by atoms with Crippen LogP contribution in [-0.4, -0.2) is 50.3 Å².